The van der Waals surface area contributed by atoms with Gasteiger partial charge in [0.2, 0.25) is 0 Å². The smallest absolute Gasteiger partial charge is 0.274 e. The van der Waals surface area contributed by atoms with Crippen molar-refractivity contribution in [1.29, 1.82) is 0 Å². The zero-order valence-electron chi connectivity index (χ0n) is 11.9. The van der Waals surface area contributed by atoms with Gasteiger partial charge in [0.15, 0.2) is 0 Å². The predicted molar refractivity (Wildman–Crippen MR) is 82.6 cm³/mol. The lowest BCUT2D eigenvalue weighted by Crippen LogP contribution is -2.13. The molecule has 1 radical (unpaired) electrons. The summed E-state index contributed by atoms with van der Waals surface area (Å²) < 4.78 is 5.92. The molecule has 0 N–H and O–H groups in total. The molecule has 0 fully saturated rings. The lowest BCUT2D eigenvalue weighted by atomic mass is 10.1. The van der Waals surface area contributed by atoms with E-state index in [1.807, 2.05) is 18.2 Å². The molecule has 5 heteroatoms. The molecule has 1 aromatic carbocycles. The summed E-state index contributed by atoms with van der Waals surface area (Å²) in [7, 11) is -0.780. The Labute approximate surface area is 121 Å². The van der Waals surface area contributed by atoms with Crippen LogP contribution in [0.4, 0.5) is 0 Å². The van der Waals surface area contributed by atoms with E-state index in [1.165, 1.54) is 6.33 Å². The van der Waals surface area contributed by atoms with Gasteiger partial charge >= 0.3 is 0 Å². The van der Waals surface area contributed by atoms with Crippen LogP contribution in [0.25, 0.3) is 0 Å². The number of nitrogens with zero attached hydrogens (tertiary/aromatic N) is 3. The second-order valence-corrected chi connectivity index (χ2v) is 6.69. The monoisotopic (exact) mass is 284 g/mol. The number of aliphatic imine (C=N–C) groups is 1. The Balaban J connectivity index is 2.17. The number of hydrogen-bond donors (Lipinski definition) is 0. The molecular formula is C15H18N3OSi. The van der Waals surface area contributed by atoms with Gasteiger partial charge in [-0.15, -0.1) is 0 Å². The van der Waals surface area contributed by atoms with Gasteiger partial charge in [0.05, 0.1) is 6.04 Å². The second-order valence-electron chi connectivity index (χ2n) is 4.67. The van der Waals surface area contributed by atoms with Crippen molar-refractivity contribution in [3.63, 3.8) is 0 Å². The highest BCUT2D eigenvalue weighted by Crippen LogP contribution is 2.27. The van der Waals surface area contributed by atoms with Crippen molar-refractivity contribution in [2.24, 2.45) is 4.99 Å². The maximum Gasteiger partial charge on any atom is 0.274 e. The second kappa shape index (κ2) is 6.95. The Hall–Kier alpha value is -2.01. The van der Waals surface area contributed by atoms with Gasteiger partial charge in [0.1, 0.15) is 12.1 Å². The van der Waals surface area contributed by atoms with Crippen LogP contribution in [0.5, 0.6) is 5.75 Å². The van der Waals surface area contributed by atoms with Crippen LogP contribution in [0.15, 0.2) is 48.0 Å². The molecule has 0 bridgehead atoms. The molecule has 1 aromatic heterocycles. The Morgan fingerprint density at radius 3 is 2.60 bits per heavy atom. The minimum Gasteiger partial charge on any atom is -0.542 e. The molecular weight excluding hydrogens is 266 g/mol. The van der Waals surface area contributed by atoms with Crippen molar-refractivity contribution in [2.45, 2.75) is 26.1 Å². The van der Waals surface area contributed by atoms with Gasteiger partial charge < -0.3 is 4.43 Å². The summed E-state index contributed by atoms with van der Waals surface area (Å²) in [6.45, 7) is 6.30. The Morgan fingerprint density at radius 2 is 1.90 bits per heavy atom. The summed E-state index contributed by atoms with van der Waals surface area (Å²) in [4.78, 5) is 12.5. The van der Waals surface area contributed by atoms with Crippen LogP contribution in [0.1, 0.15) is 24.1 Å². The highest BCUT2D eigenvalue weighted by atomic mass is 28.3. The minimum atomic E-state index is -0.780. The van der Waals surface area contributed by atoms with E-state index in [0.29, 0.717) is 0 Å². The molecule has 0 amide bonds. The van der Waals surface area contributed by atoms with E-state index in [4.69, 9.17) is 4.43 Å². The van der Waals surface area contributed by atoms with Crippen LogP contribution in [-0.2, 0) is 0 Å². The third-order valence-corrected chi connectivity index (χ3v) is 3.34. The first-order valence-electron chi connectivity index (χ1n) is 6.52. The first kappa shape index (κ1) is 14.4. The SMILES string of the molecule is CC(N=Cc1cncnc1)c1ccccc1O[Si](C)C. The van der Waals surface area contributed by atoms with Crippen molar-refractivity contribution >= 4 is 15.3 Å². The molecule has 0 aliphatic carbocycles. The number of benzene rings is 1. The number of rotatable bonds is 5. The molecule has 0 saturated carbocycles. The summed E-state index contributed by atoms with van der Waals surface area (Å²) >= 11 is 0. The summed E-state index contributed by atoms with van der Waals surface area (Å²) in [6, 6.07) is 8.10. The van der Waals surface area contributed by atoms with E-state index in [0.717, 1.165) is 16.9 Å². The molecule has 0 aliphatic rings. The van der Waals surface area contributed by atoms with E-state index in [1.54, 1.807) is 18.6 Å². The zero-order valence-corrected chi connectivity index (χ0v) is 12.9. The van der Waals surface area contributed by atoms with Gasteiger partial charge in [-0.2, -0.15) is 0 Å². The van der Waals surface area contributed by atoms with Crippen molar-refractivity contribution in [1.82, 2.24) is 9.97 Å². The number of para-hydroxylation sites is 1. The fourth-order valence-electron chi connectivity index (χ4n) is 1.79. The van der Waals surface area contributed by atoms with E-state index in [9.17, 15) is 0 Å². The molecule has 0 spiro atoms. The van der Waals surface area contributed by atoms with Gasteiger partial charge in [-0.1, -0.05) is 18.2 Å². The van der Waals surface area contributed by atoms with E-state index >= 15 is 0 Å². The average Bonchev–Trinajstić information content (AvgIpc) is 2.46. The highest BCUT2D eigenvalue weighted by Gasteiger charge is 2.11. The first-order chi connectivity index (χ1) is 9.66. The molecule has 4 nitrogen and oxygen atoms in total. The topological polar surface area (TPSA) is 47.4 Å². The van der Waals surface area contributed by atoms with E-state index < -0.39 is 9.04 Å². The maximum absolute atomic E-state index is 5.92. The van der Waals surface area contributed by atoms with E-state index in [-0.39, 0.29) is 6.04 Å². The zero-order chi connectivity index (χ0) is 14.4. The van der Waals surface area contributed by atoms with Gasteiger partial charge in [0, 0.05) is 29.7 Å². The third kappa shape index (κ3) is 3.99. The number of aromatic nitrogens is 2. The molecule has 103 valence electrons. The summed E-state index contributed by atoms with van der Waals surface area (Å²) in [6.07, 6.45) is 6.79. The molecule has 2 rings (SSSR count). The minimum absolute atomic E-state index is 0.0350. The largest absolute Gasteiger partial charge is 0.542 e. The fourth-order valence-corrected chi connectivity index (χ4v) is 2.42. The van der Waals surface area contributed by atoms with Crippen LogP contribution in [-0.4, -0.2) is 25.2 Å². The average molecular weight is 284 g/mol. The summed E-state index contributed by atoms with van der Waals surface area (Å²) in [5.41, 5.74) is 2.00. The maximum atomic E-state index is 5.92. The standard InChI is InChI=1S/C15H18N3OSi/c1-12(18-10-13-8-16-11-17-9-13)14-6-4-5-7-15(14)19-20(2)3/h4-12H,1-3H3. The fraction of sp³-hybridized carbons (Fsp3) is 0.267. The lowest BCUT2D eigenvalue weighted by molar-refractivity contribution is 0.564. The van der Waals surface area contributed by atoms with Crippen LogP contribution < -0.4 is 4.43 Å². The summed E-state index contributed by atoms with van der Waals surface area (Å²) in [5, 5.41) is 0. The van der Waals surface area contributed by atoms with Crippen LogP contribution >= 0.6 is 0 Å². The highest BCUT2D eigenvalue weighted by molar-refractivity contribution is 6.49. The van der Waals surface area contributed by atoms with Crippen molar-refractivity contribution in [2.75, 3.05) is 0 Å². The molecule has 2 aromatic rings. The summed E-state index contributed by atoms with van der Waals surface area (Å²) in [5.74, 6) is 0.931. The molecule has 0 aliphatic heterocycles. The lowest BCUT2D eigenvalue weighted by Gasteiger charge is -2.15. The molecule has 1 heterocycles. The van der Waals surface area contributed by atoms with Gasteiger partial charge in [-0.05, 0) is 26.1 Å². The van der Waals surface area contributed by atoms with Gasteiger partial charge in [-0.3, -0.25) is 4.99 Å². The van der Waals surface area contributed by atoms with Crippen molar-refractivity contribution in [3.05, 3.63) is 54.1 Å². The Bertz CT molecular complexity index is 572. The van der Waals surface area contributed by atoms with E-state index in [2.05, 4.69) is 41.0 Å². The van der Waals surface area contributed by atoms with Crippen LogP contribution in [0, 0.1) is 0 Å². The van der Waals surface area contributed by atoms with Crippen molar-refractivity contribution in [3.8, 4) is 5.75 Å². The Kier molecular flexibility index (Phi) is 5.01. The van der Waals surface area contributed by atoms with Crippen molar-refractivity contribution < 1.29 is 4.43 Å². The normalized spacial score (nSPS) is 12.8. The number of hydrogen-bond acceptors (Lipinski definition) is 4. The van der Waals surface area contributed by atoms with Gasteiger partial charge in [0.25, 0.3) is 9.04 Å². The molecule has 20 heavy (non-hydrogen) atoms. The van der Waals surface area contributed by atoms with Crippen LogP contribution in [0.3, 0.4) is 0 Å². The predicted octanol–water partition coefficient (Wildman–Crippen LogP) is 3.29. The quantitative estimate of drug-likeness (QED) is 0.625. The first-order valence-corrected chi connectivity index (χ1v) is 8.93. The Morgan fingerprint density at radius 1 is 1.20 bits per heavy atom. The molecule has 0 saturated heterocycles. The third-order valence-electron chi connectivity index (χ3n) is 2.71. The van der Waals surface area contributed by atoms with Gasteiger partial charge in [-0.25, -0.2) is 9.97 Å². The molecule has 1 atom stereocenters. The van der Waals surface area contributed by atoms with Crippen LogP contribution in [0.2, 0.25) is 13.1 Å². The molecule has 1 unspecified atom stereocenters.